The van der Waals surface area contributed by atoms with Gasteiger partial charge in [-0.25, -0.2) is 4.79 Å². The molecule has 0 aromatic rings. The Hall–Kier alpha value is -1.51. The number of carbonyl (C=O) groups is 1. The number of ether oxygens (including phenoxy) is 2. The number of allylic oxidation sites excluding steroid dienone is 3. The van der Waals surface area contributed by atoms with Crippen LogP contribution in [-0.4, -0.2) is 19.2 Å². The second-order valence-corrected chi connectivity index (χ2v) is 2.09. The zero-order valence-corrected chi connectivity index (χ0v) is 7.73. The molecule has 0 radical (unpaired) electrons. The van der Waals surface area contributed by atoms with Crippen molar-refractivity contribution in [2.45, 2.75) is 6.92 Å². The molecule has 3 heteroatoms. The number of carbonyl (C=O) groups excluding carboxylic acids is 1. The lowest BCUT2D eigenvalue weighted by atomic mass is 10.4. The molecule has 0 unspecified atom stereocenters. The van der Waals surface area contributed by atoms with Crippen molar-refractivity contribution >= 4 is 5.97 Å². The summed E-state index contributed by atoms with van der Waals surface area (Å²) in [5.41, 5.74) is 0. The van der Waals surface area contributed by atoms with Gasteiger partial charge in [0, 0.05) is 6.08 Å². The summed E-state index contributed by atoms with van der Waals surface area (Å²) in [6.45, 7) is 5.80. The van der Waals surface area contributed by atoms with E-state index >= 15 is 0 Å². The molecule has 0 N–H and O–H groups in total. The van der Waals surface area contributed by atoms with Crippen molar-refractivity contribution in [2.75, 3.05) is 13.2 Å². The first kappa shape index (κ1) is 11.5. The third-order valence-corrected chi connectivity index (χ3v) is 1.10. The van der Waals surface area contributed by atoms with Gasteiger partial charge in [0.2, 0.25) is 0 Å². The van der Waals surface area contributed by atoms with E-state index in [-0.39, 0.29) is 12.6 Å². The Morgan fingerprint density at radius 2 is 2.15 bits per heavy atom. The van der Waals surface area contributed by atoms with E-state index in [1.165, 1.54) is 12.3 Å². The van der Waals surface area contributed by atoms with Crippen LogP contribution in [0, 0.1) is 0 Å². The van der Waals surface area contributed by atoms with Gasteiger partial charge >= 0.3 is 5.97 Å². The second kappa shape index (κ2) is 8.59. The van der Waals surface area contributed by atoms with Gasteiger partial charge in [-0.2, -0.15) is 0 Å². The quantitative estimate of drug-likeness (QED) is 0.207. The molecule has 0 aromatic heterocycles. The van der Waals surface area contributed by atoms with Crippen LogP contribution in [0.15, 0.2) is 37.1 Å². The lowest BCUT2D eigenvalue weighted by molar-refractivity contribution is -0.138. The summed E-state index contributed by atoms with van der Waals surface area (Å²) in [7, 11) is 0. The van der Waals surface area contributed by atoms with Crippen molar-refractivity contribution in [3.8, 4) is 0 Å². The highest BCUT2D eigenvalue weighted by Crippen LogP contribution is 1.84. The van der Waals surface area contributed by atoms with E-state index < -0.39 is 0 Å². The normalized spacial score (nSPS) is 10.5. The molecule has 3 nitrogen and oxygen atoms in total. The van der Waals surface area contributed by atoms with Gasteiger partial charge in [-0.15, -0.1) is 0 Å². The molecule has 0 rings (SSSR count). The fourth-order valence-electron chi connectivity index (χ4n) is 0.567. The highest BCUT2D eigenvalue weighted by atomic mass is 16.6. The van der Waals surface area contributed by atoms with E-state index in [1.807, 2.05) is 13.0 Å². The maximum absolute atomic E-state index is 10.9. The first-order valence-corrected chi connectivity index (χ1v) is 4.00. The van der Waals surface area contributed by atoms with Gasteiger partial charge in [0.25, 0.3) is 0 Å². The number of hydrogen-bond donors (Lipinski definition) is 0. The number of rotatable bonds is 6. The van der Waals surface area contributed by atoms with Crippen LogP contribution in [0.25, 0.3) is 0 Å². The van der Waals surface area contributed by atoms with Gasteiger partial charge in [0.05, 0.1) is 6.26 Å². The highest BCUT2D eigenvalue weighted by Gasteiger charge is 1.93. The van der Waals surface area contributed by atoms with Gasteiger partial charge < -0.3 is 9.47 Å². The molecule has 0 aliphatic rings. The molecular formula is C10H14O3. The Balaban J connectivity index is 3.45. The highest BCUT2D eigenvalue weighted by molar-refractivity contribution is 5.82. The van der Waals surface area contributed by atoms with Gasteiger partial charge in [0.15, 0.2) is 0 Å². The molecular weight excluding hydrogens is 168 g/mol. The molecule has 0 amide bonds. The minimum atomic E-state index is -0.370. The van der Waals surface area contributed by atoms with Crippen LogP contribution in [0.4, 0.5) is 0 Å². The van der Waals surface area contributed by atoms with Crippen LogP contribution in [0.3, 0.4) is 0 Å². The maximum Gasteiger partial charge on any atom is 0.330 e. The van der Waals surface area contributed by atoms with E-state index in [9.17, 15) is 4.79 Å². The van der Waals surface area contributed by atoms with Crippen LogP contribution in [0.5, 0.6) is 0 Å². The minimum absolute atomic E-state index is 0.241. The predicted octanol–water partition coefficient (Wildman–Crippen LogP) is 1.82. The fraction of sp³-hybridized carbons (Fsp3) is 0.300. The van der Waals surface area contributed by atoms with E-state index in [2.05, 4.69) is 6.58 Å². The molecule has 0 spiro atoms. The van der Waals surface area contributed by atoms with Crippen molar-refractivity contribution in [3.63, 3.8) is 0 Å². The van der Waals surface area contributed by atoms with Gasteiger partial charge in [-0.05, 0) is 6.92 Å². The predicted molar refractivity (Wildman–Crippen MR) is 51.1 cm³/mol. The Morgan fingerprint density at radius 1 is 1.38 bits per heavy atom. The zero-order valence-electron chi connectivity index (χ0n) is 7.73. The monoisotopic (exact) mass is 182 g/mol. The number of hydrogen-bond acceptors (Lipinski definition) is 3. The van der Waals surface area contributed by atoms with Gasteiger partial charge in [-0.1, -0.05) is 24.8 Å². The molecule has 0 aliphatic heterocycles. The fourth-order valence-corrected chi connectivity index (χ4v) is 0.567. The second-order valence-electron chi connectivity index (χ2n) is 2.09. The summed E-state index contributed by atoms with van der Waals surface area (Å²) >= 11 is 0. The number of esters is 1. The summed E-state index contributed by atoms with van der Waals surface area (Å²) in [4.78, 5) is 10.9. The van der Waals surface area contributed by atoms with Crippen LogP contribution >= 0.6 is 0 Å². The molecule has 0 fully saturated rings. The average Bonchev–Trinajstić information content (AvgIpc) is 2.13. The summed E-state index contributed by atoms with van der Waals surface area (Å²) in [5.74, 6) is -0.370. The van der Waals surface area contributed by atoms with Crippen molar-refractivity contribution in [2.24, 2.45) is 0 Å². The van der Waals surface area contributed by atoms with Crippen LogP contribution in [0.1, 0.15) is 6.92 Å². The van der Waals surface area contributed by atoms with Crippen molar-refractivity contribution in [3.05, 3.63) is 37.1 Å². The summed E-state index contributed by atoms with van der Waals surface area (Å²) in [6.07, 6.45) is 7.86. The van der Waals surface area contributed by atoms with E-state index in [0.29, 0.717) is 6.61 Å². The molecule has 0 aromatic carbocycles. The third-order valence-electron chi connectivity index (χ3n) is 1.10. The molecule has 0 saturated carbocycles. The molecule has 0 aliphatic carbocycles. The maximum atomic E-state index is 10.9. The first-order valence-electron chi connectivity index (χ1n) is 4.00. The molecule has 0 atom stereocenters. The summed E-state index contributed by atoms with van der Waals surface area (Å²) in [6, 6.07) is 0. The van der Waals surface area contributed by atoms with Crippen LogP contribution < -0.4 is 0 Å². The van der Waals surface area contributed by atoms with Crippen LogP contribution in [0.2, 0.25) is 0 Å². The van der Waals surface area contributed by atoms with Gasteiger partial charge in [0.1, 0.15) is 13.2 Å². The Kier molecular flexibility index (Phi) is 7.59. The smallest absolute Gasteiger partial charge is 0.330 e. The Bertz CT molecular complexity index is 204. The zero-order chi connectivity index (χ0) is 9.94. The largest absolute Gasteiger partial charge is 0.498 e. The average molecular weight is 182 g/mol. The van der Waals surface area contributed by atoms with E-state index in [0.717, 1.165) is 0 Å². The minimum Gasteiger partial charge on any atom is -0.498 e. The topological polar surface area (TPSA) is 35.5 Å². The van der Waals surface area contributed by atoms with E-state index in [1.54, 1.807) is 12.2 Å². The summed E-state index contributed by atoms with van der Waals surface area (Å²) in [5, 5.41) is 0. The Morgan fingerprint density at radius 3 is 2.77 bits per heavy atom. The SMILES string of the molecule is C=COCCOC(=O)/C=C/C=C/C. The lowest BCUT2D eigenvalue weighted by Crippen LogP contribution is -2.06. The van der Waals surface area contributed by atoms with Crippen LogP contribution in [-0.2, 0) is 14.3 Å². The molecule has 0 saturated heterocycles. The first-order chi connectivity index (χ1) is 6.31. The lowest BCUT2D eigenvalue weighted by Gasteiger charge is -2.00. The molecule has 13 heavy (non-hydrogen) atoms. The molecule has 72 valence electrons. The summed E-state index contributed by atoms with van der Waals surface area (Å²) < 4.78 is 9.52. The van der Waals surface area contributed by atoms with Gasteiger partial charge in [-0.3, -0.25) is 0 Å². The molecule has 0 bridgehead atoms. The van der Waals surface area contributed by atoms with Crippen molar-refractivity contribution < 1.29 is 14.3 Å². The van der Waals surface area contributed by atoms with Crippen molar-refractivity contribution in [1.82, 2.24) is 0 Å². The third kappa shape index (κ3) is 8.40. The van der Waals surface area contributed by atoms with E-state index in [4.69, 9.17) is 9.47 Å². The van der Waals surface area contributed by atoms with Crippen molar-refractivity contribution in [1.29, 1.82) is 0 Å². The molecule has 0 heterocycles. The Labute approximate surface area is 78.3 Å². The standard InChI is InChI=1S/C10H14O3/c1-3-5-6-7-10(11)13-9-8-12-4-2/h3-7H,2,8-9H2,1H3/b5-3+,7-6+.